The van der Waals surface area contributed by atoms with Crippen LogP contribution >= 0.6 is 15.8 Å². The minimum Gasteiger partial charge on any atom is -0.496 e. The first-order valence-electron chi connectivity index (χ1n) is 16.4. The predicted molar refractivity (Wildman–Crippen MR) is 194 cm³/mol. The van der Waals surface area contributed by atoms with E-state index in [0.29, 0.717) is 13.2 Å². The van der Waals surface area contributed by atoms with Crippen molar-refractivity contribution in [2.75, 3.05) is 54.0 Å². The average Bonchev–Trinajstić information content (AvgIpc) is 3.14. The second-order valence-electron chi connectivity index (χ2n) is 12.4. The standard InChI is InChI=1S/C39H46O6P2/c1-40-30-16-6-10-20-34(30)46(35-21-11-7-17-31(35)41-2)28-38(26-44-39(45-27-38)24-14-5-15-25-39)29-47(36-22-12-8-18-32(36)42-3)37-23-13-9-19-33(37)43-4/h6-13,16-23H,5,14-15,24-29H2,1-4H3. The second-order valence-corrected chi connectivity index (χ2v) is 16.7. The monoisotopic (exact) mass is 672 g/mol. The number of hydrogen-bond donors (Lipinski definition) is 0. The third kappa shape index (κ3) is 7.32. The molecule has 47 heavy (non-hydrogen) atoms. The van der Waals surface area contributed by atoms with Gasteiger partial charge in [-0.2, -0.15) is 0 Å². The van der Waals surface area contributed by atoms with E-state index in [-0.39, 0.29) is 5.41 Å². The van der Waals surface area contributed by atoms with Gasteiger partial charge in [0, 0.05) is 39.5 Å². The minimum absolute atomic E-state index is 0.330. The molecule has 1 saturated carbocycles. The van der Waals surface area contributed by atoms with Crippen molar-refractivity contribution in [3.8, 4) is 23.0 Å². The zero-order valence-electron chi connectivity index (χ0n) is 27.9. The van der Waals surface area contributed by atoms with Crippen molar-refractivity contribution >= 4 is 37.1 Å². The molecule has 0 unspecified atom stereocenters. The first kappa shape index (κ1) is 33.7. The van der Waals surface area contributed by atoms with Gasteiger partial charge in [0.25, 0.3) is 0 Å². The summed E-state index contributed by atoms with van der Waals surface area (Å²) in [7, 11) is 5.11. The molecule has 0 N–H and O–H groups in total. The summed E-state index contributed by atoms with van der Waals surface area (Å²) in [5.74, 6) is 3.06. The van der Waals surface area contributed by atoms with Gasteiger partial charge in [0.15, 0.2) is 5.79 Å². The maximum absolute atomic E-state index is 6.97. The van der Waals surface area contributed by atoms with Gasteiger partial charge in [0.2, 0.25) is 0 Å². The van der Waals surface area contributed by atoms with Crippen LogP contribution in [0, 0.1) is 5.41 Å². The van der Waals surface area contributed by atoms with Crippen molar-refractivity contribution in [3.05, 3.63) is 97.1 Å². The number of ether oxygens (including phenoxy) is 6. The van der Waals surface area contributed by atoms with E-state index >= 15 is 0 Å². The van der Waals surface area contributed by atoms with Crippen LogP contribution in [0.1, 0.15) is 32.1 Å². The van der Waals surface area contributed by atoms with E-state index in [0.717, 1.165) is 61.0 Å². The SMILES string of the molecule is COc1ccccc1P(CC1(CP(c2ccccc2OC)c2ccccc2OC)COC2(CCCCC2)OC1)c1ccccc1OC. The first-order chi connectivity index (χ1) is 23.0. The highest BCUT2D eigenvalue weighted by molar-refractivity contribution is 7.74. The molecule has 0 aromatic heterocycles. The number of rotatable bonds is 12. The van der Waals surface area contributed by atoms with Crippen molar-refractivity contribution in [2.45, 2.75) is 37.9 Å². The minimum atomic E-state index is -0.958. The van der Waals surface area contributed by atoms with Crippen LogP contribution in [0.5, 0.6) is 23.0 Å². The van der Waals surface area contributed by atoms with E-state index in [1.165, 1.54) is 27.6 Å². The van der Waals surface area contributed by atoms with Gasteiger partial charge in [0.1, 0.15) is 23.0 Å². The van der Waals surface area contributed by atoms with E-state index < -0.39 is 21.6 Å². The molecule has 1 aliphatic carbocycles. The highest BCUT2D eigenvalue weighted by Gasteiger charge is 2.48. The maximum atomic E-state index is 6.97. The van der Waals surface area contributed by atoms with Crippen LogP contribution in [0.3, 0.4) is 0 Å². The summed E-state index contributed by atoms with van der Waals surface area (Å²) in [6.07, 6.45) is 7.08. The number of benzene rings is 4. The lowest BCUT2D eigenvalue weighted by molar-refractivity contribution is -0.308. The Labute approximate surface area is 282 Å². The molecule has 4 aromatic carbocycles. The topological polar surface area (TPSA) is 55.4 Å². The van der Waals surface area contributed by atoms with Gasteiger partial charge in [-0.25, -0.2) is 0 Å². The Kier molecular flexibility index (Phi) is 11.0. The second kappa shape index (κ2) is 15.4. The molecular weight excluding hydrogens is 626 g/mol. The van der Waals surface area contributed by atoms with Gasteiger partial charge in [-0.1, -0.05) is 79.2 Å². The molecule has 4 aromatic rings. The maximum Gasteiger partial charge on any atom is 0.168 e. The van der Waals surface area contributed by atoms with Crippen LogP contribution in [0.2, 0.25) is 0 Å². The third-order valence-electron chi connectivity index (χ3n) is 9.39. The molecule has 6 rings (SSSR count). The Hall–Kier alpha value is -3.14. The number of para-hydroxylation sites is 4. The molecule has 0 atom stereocenters. The Morgan fingerprint density at radius 2 is 0.809 bits per heavy atom. The Morgan fingerprint density at radius 1 is 0.489 bits per heavy atom. The normalized spacial score (nSPS) is 17.1. The van der Waals surface area contributed by atoms with Crippen LogP contribution in [0.4, 0.5) is 0 Å². The van der Waals surface area contributed by atoms with Gasteiger partial charge in [0.05, 0.1) is 41.7 Å². The van der Waals surface area contributed by atoms with E-state index in [2.05, 4.69) is 72.8 Å². The van der Waals surface area contributed by atoms with Crippen molar-refractivity contribution < 1.29 is 28.4 Å². The van der Waals surface area contributed by atoms with Gasteiger partial charge in [-0.3, -0.25) is 0 Å². The molecule has 8 heteroatoms. The summed E-state index contributed by atoms with van der Waals surface area (Å²) in [5, 5.41) is 4.74. The molecule has 1 heterocycles. The van der Waals surface area contributed by atoms with Crippen LogP contribution in [0.15, 0.2) is 97.1 Å². The number of hydrogen-bond acceptors (Lipinski definition) is 6. The fourth-order valence-electron chi connectivity index (χ4n) is 6.95. The molecule has 0 bridgehead atoms. The van der Waals surface area contributed by atoms with Gasteiger partial charge in [-0.15, -0.1) is 0 Å². The largest absolute Gasteiger partial charge is 0.496 e. The van der Waals surface area contributed by atoms with Crippen LogP contribution in [-0.4, -0.2) is 59.8 Å². The molecule has 1 aliphatic heterocycles. The van der Waals surface area contributed by atoms with Crippen molar-refractivity contribution in [1.82, 2.24) is 0 Å². The molecule has 0 radical (unpaired) electrons. The van der Waals surface area contributed by atoms with Crippen molar-refractivity contribution in [1.29, 1.82) is 0 Å². The summed E-state index contributed by atoms with van der Waals surface area (Å²) in [6.45, 7) is 1.22. The molecule has 6 nitrogen and oxygen atoms in total. The quantitative estimate of drug-likeness (QED) is 0.152. The highest BCUT2D eigenvalue weighted by atomic mass is 31.1. The Balaban J connectivity index is 1.50. The molecule has 1 saturated heterocycles. The molecule has 0 amide bonds. The summed E-state index contributed by atoms with van der Waals surface area (Å²) >= 11 is 0. The summed E-state index contributed by atoms with van der Waals surface area (Å²) in [5.41, 5.74) is -0.330. The first-order valence-corrected chi connectivity index (χ1v) is 19.4. The average molecular weight is 673 g/mol. The summed E-state index contributed by atoms with van der Waals surface area (Å²) in [6, 6.07) is 33.7. The zero-order chi connectivity index (χ0) is 32.7. The van der Waals surface area contributed by atoms with Gasteiger partial charge >= 0.3 is 0 Å². The lowest BCUT2D eigenvalue weighted by Gasteiger charge is -2.50. The summed E-state index contributed by atoms with van der Waals surface area (Å²) in [4.78, 5) is 0. The number of methoxy groups -OCH3 is 4. The van der Waals surface area contributed by atoms with Gasteiger partial charge < -0.3 is 28.4 Å². The smallest absolute Gasteiger partial charge is 0.168 e. The van der Waals surface area contributed by atoms with E-state index in [1.54, 1.807) is 28.4 Å². The molecule has 248 valence electrons. The van der Waals surface area contributed by atoms with E-state index in [1.807, 2.05) is 24.3 Å². The fourth-order valence-corrected chi connectivity index (χ4v) is 13.0. The molecule has 1 spiro atoms. The van der Waals surface area contributed by atoms with Gasteiger partial charge in [-0.05, 0) is 65.3 Å². The molecule has 2 fully saturated rings. The third-order valence-corrected chi connectivity index (χ3v) is 15.2. The molecular formula is C39H46O6P2. The zero-order valence-corrected chi connectivity index (χ0v) is 29.7. The Morgan fingerprint density at radius 3 is 1.13 bits per heavy atom. The van der Waals surface area contributed by atoms with Crippen LogP contribution in [0.25, 0.3) is 0 Å². The van der Waals surface area contributed by atoms with E-state index in [4.69, 9.17) is 28.4 Å². The van der Waals surface area contributed by atoms with Crippen molar-refractivity contribution in [3.63, 3.8) is 0 Å². The Bertz CT molecular complexity index is 1410. The fraction of sp³-hybridized carbons (Fsp3) is 0.385. The lowest BCUT2D eigenvalue weighted by atomic mass is 9.89. The van der Waals surface area contributed by atoms with E-state index in [9.17, 15) is 0 Å². The lowest BCUT2D eigenvalue weighted by Crippen LogP contribution is -2.54. The highest BCUT2D eigenvalue weighted by Crippen LogP contribution is 2.54. The van der Waals surface area contributed by atoms with Crippen molar-refractivity contribution in [2.24, 2.45) is 5.41 Å². The molecule has 2 aliphatic rings. The van der Waals surface area contributed by atoms with Crippen LogP contribution in [-0.2, 0) is 9.47 Å². The summed E-state index contributed by atoms with van der Waals surface area (Å²) < 4.78 is 37.9. The van der Waals surface area contributed by atoms with Crippen LogP contribution < -0.4 is 40.2 Å². The predicted octanol–water partition coefficient (Wildman–Crippen LogP) is 6.98.